The second-order valence-electron chi connectivity index (χ2n) is 8.72. The third kappa shape index (κ3) is 5.58. The molecule has 34 heavy (non-hydrogen) atoms. The van der Waals surface area contributed by atoms with Gasteiger partial charge in [0, 0.05) is 64.8 Å². The molecule has 3 heterocycles. The van der Waals surface area contributed by atoms with E-state index in [9.17, 15) is 14.1 Å². The number of halogens is 1. The zero-order valence-electron chi connectivity index (χ0n) is 19.7. The summed E-state index contributed by atoms with van der Waals surface area (Å²) in [7, 11) is 3.41. The maximum atomic E-state index is 12.8. The molecule has 0 radical (unpaired) electrons. The molecule has 1 saturated heterocycles. The maximum absolute atomic E-state index is 12.8. The molecule has 0 N–H and O–H groups in total. The van der Waals surface area contributed by atoms with Crippen LogP contribution in [0.15, 0.2) is 45.1 Å². The highest BCUT2D eigenvalue weighted by molar-refractivity contribution is 7.91. The zero-order chi connectivity index (χ0) is 24.2. The van der Waals surface area contributed by atoms with Crippen LogP contribution in [0.3, 0.4) is 0 Å². The number of hydrogen-bond acceptors (Lipinski definition) is 6. The van der Waals surface area contributed by atoms with Gasteiger partial charge in [-0.25, -0.2) is 9.78 Å². The summed E-state index contributed by atoms with van der Waals surface area (Å²) < 4.78 is 16.8. The van der Waals surface area contributed by atoms with E-state index < -0.39 is 11.2 Å². The molecule has 1 fully saturated rings. The Morgan fingerprint density at radius 3 is 2.24 bits per heavy atom. The van der Waals surface area contributed by atoms with Crippen molar-refractivity contribution in [3.8, 4) is 0 Å². The highest BCUT2D eigenvalue weighted by atomic mass is 35.5. The van der Waals surface area contributed by atoms with Crippen LogP contribution in [0.25, 0.3) is 11.2 Å². The number of hydrogen-bond donors (Lipinski definition) is 0. The molecule has 3 aromatic rings. The first-order valence-electron chi connectivity index (χ1n) is 11.5. The largest absolute Gasteiger partial charge is 0.611 e. The summed E-state index contributed by atoms with van der Waals surface area (Å²) >= 11 is 4.90. The van der Waals surface area contributed by atoms with Crippen molar-refractivity contribution in [2.24, 2.45) is 14.1 Å². The van der Waals surface area contributed by atoms with Crippen molar-refractivity contribution in [3.63, 3.8) is 0 Å². The Labute approximate surface area is 206 Å². The summed E-state index contributed by atoms with van der Waals surface area (Å²) in [6.07, 6.45) is 3.18. The summed E-state index contributed by atoms with van der Waals surface area (Å²) in [5.74, 6) is 0.645. The molecule has 1 aliphatic heterocycles. The fourth-order valence-corrected chi connectivity index (χ4v) is 5.60. The van der Waals surface area contributed by atoms with Crippen LogP contribution in [-0.2, 0) is 31.8 Å². The first kappa shape index (κ1) is 25.0. The van der Waals surface area contributed by atoms with Gasteiger partial charge in [-0.2, -0.15) is 0 Å². The average Bonchev–Trinajstić information content (AvgIpc) is 3.23. The number of piperazine rings is 1. The standard InChI is InChI=1S/C23H31ClN6O3S/c1-26-17-25-21-20(26)22(31)30(23(32)27(21)2)11-3-9-28-12-14-29(15-13-28)10-4-16-34(33)19-7-5-18(24)6-8-19/h5-8,17H,3-4,9-16H2,1-2H3. The van der Waals surface area contributed by atoms with Crippen LogP contribution >= 0.6 is 11.6 Å². The molecule has 4 rings (SSSR count). The van der Waals surface area contributed by atoms with Gasteiger partial charge < -0.3 is 18.9 Å². The van der Waals surface area contributed by atoms with Gasteiger partial charge >= 0.3 is 5.69 Å². The zero-order valence-corrected chi connectivity index (χ0v) is 21.2. The minimum absolute atomic E-state index is 0.279. The van der Waals surface area contributed by atoms with Crippen LogP contribution in [0.1, 0.15) is 12.8 Å². The number of imidazole rings is 1. The molecule has 11 heteroatoms. The van der Waals surface area contributed by atoms with E-state index in [2.05, 4.69) is 14.8 Å². The smallest absolute Gasteiger partial charge is 0.332 e. The fraction of sp³-hybridized carbons (Fsp3) is 0.522. The van der Waals surface area contributed by atoms with E-state index in [1.165, 1.54) is 9.13 Å². The Hall–Kier alpha value is -2.11. The lowest BCUT2D eigenvalue weighted by atomic mass is 10.2. The van der Waals surface area contributed by atoms with Gasteiger partial charge in [0.2, 0.25) is 0 Å². The van der Waals surface area contributed by atoms with Crippen molar-refractivity contribution in [1.29, 1.82) is 0 Å². The van der Waals surface area contributed by atoms with Crippen molar-refractivity contribution >= 4 is 33.9 Å². The summed E-state index contributed by atoms with van der Waals surface area (Å²) in [5, 5.41) is 0.655. The number of rotatable bonds is 9. The van der Waals surface area contributed by atoms with Crippen molar-refractivity contribution in [2.75, 3.05) is 45.0 Å². The van der Waals surface area contributed by atoms with Crippen LogP contribution in [0.5, 0.6) is 0 Å². The number of fused-ring (bicyclic) bond motifs is 1. The number of nitrogens with zero attached hydrogens (tertiary/aromatic N) is 6. The number of aromatic nitrogens is 4. The van der Waals surface area contributed by atoms with Crippen LogP contribution in [-0.4, -0.2) is 78.1 Å². The molecule has 1 aliphatic rings. The van der Waals surface area contributed by atoms with Crippen LogP contribution in [0.4, 0.5) is 0 Å². The molecule has 1 aromatic carbocycles. The van der Waals surface area contributed by atoms with Gasteiger partial charge in [-0.15, -0.1) is 0 Å². The Balaban J connectivity index is 1.20. The quantitative estimate of drug-likeness (QED) is 0.406. The summed E-state index contributed by atoms with van der Waals surface area (Å²) in [4.78, 5) is 35.2. The van der Waals surface area contributed by atoms with Gasteiger partial charge in [0.25, 0.3) is 5.56 Å². The van der Waals surface area contributed by atoms with Gasteiger partial charge in [-0.1, -0.05) is 11.6 Å². The van der Waals surface area contributed by atoms with Crippen molar-refractivity contribution < 1.29 is 4.55 Å². The van der Waals surface area contributed by atoms with Gasteiger partial charge in [0.05, 0.1) is 6.33 Å². The summed E-state index contributed by atoms with van der Waals surface area (Å²) in [6.45, 7) is 6.01. The monoisotopic (exact) mass is 506 g/mol. The van der Waals surface area contributed by atoms with E-state index in [0.717, 1.165) is 57.0 Å². The Morgan fingerprint density at radius 2 is 1.59 bits per heavy atom. The first-order valence-corrected chi connectivity index (χ1v) is 13.2. The fourth-order valence-electron chi connectivity index (χ4n) is 4.41. The van der Waals surface area contributed by atoms with Crippen LogP contribution < -0.4 is 11.2 Å². The Kier molecular flexibility index (Phi) is 8.15. The normalized spacial score (nSPS) is 16.4. The third-order valence-corrected chi connectivity index (χ3v) is 8.11. The van der Waals surface area contributed by atoms with Gasteiger partial charge in [-0.05, 0) is 48.4 Å². The molecule has 184 valence electrons. The van der Waals surface area contributed by atoms with Crippen molar-refractivity contribution in [1.82, 2.24) is 28.5 Å². The van der Waals surface area contributed by atoms with E-state index in [4.69, 9.17) is 11.6 Å². The lowest BCUT2D eigenvalue weighted by Crippen LogP contribution is -2.47. The molecule has 0 aliphatic carbocycles. The minimum atomic E-state index is -0.995. The molecule has 2 aromatic heterocycles. The van der Waals surface area contributed by atoms with Crippen molar-refractivity contribution in [3.05, 3.63) is 56.5 Å². The van der Waals surface area contributed by atoms with E-state index in [1.54, 1.807) is 37.1 Å². The second kappa shape index (κ2) is 11.1. The molecule has 1 unspecified atom stereocenters. The van der Waals surface area contributed by atoms with Crippen molar-refractivity contribution in [2.45, 2.75) is 24.3 Å². The highest BCUT2D eigenvalue weighted by Gasteiger charge is 2.19. The van der Waals surface area contributed by atoms with E-state index in [-0.39, 0.29) is 11.2 Å². The van der Waals surface area contributed by atoms with E-state index in [1.807, 2.05) is 12.1 Å². The molecular formula is C23H31ClN6O3S. The SMILES string of the molecule is Cn1cnc2c1c(=O)n(CCCN1CCN(CCC[S+]([O-])c3ccc(Cl)cc3)CC1)c(=O)n2C. The molecule has 0 spiro atoms. The lowest BCUT2D eigenvalue weighted by molar-refractivity contribution is 0.130. The molecule has 9 nitrogen and oxygen atoms in total. The molecule has 0 bridgehead atoms. The van der Waals surface area contributed by atoms with Gasteiger partial charge in [-0.3, -0.25) is 13.9 Å². The lowest BCUT2D eigenvalue weighted by Gasteiger charge is -2.34. The maximum Gasteiger partial charge on any atom is 0.332 e. The second-order valence-corrected chi connectivity index (χ2v) is 10.7. The molecular weight excluding hydrogens is 476 g/mol. The third-order valence-electron chi connectivity index (χ3n) is 6.40. The van der Waals surface area contributed by atoms with E-state index >= 15 is 0 Å². The topological polar surface area (TPSA) is 91.4 Å². The molecule has 1 atom stereocenters. The summed E-state index contributed by atoms with van der Waals surface area (Å²) in [6, 6.07) is 7.21. The first-order chi connectivity index (χ1) is 16.3. The molecule has 0 saturated carbocycles. The predicted octanol–water partition coefficient (Wildman–Crippen LogP) is 1.29. The number of benzene rings is 1. The summed E-state index contributed by atoms with van der Waals surface area (Å²) in [5.41, 5.74) is 0.269. The average molecular weight is 507 g/mol. The van der Waals surface area contributed by atoms with E-state index in [0.29, 0.717) is 28.5 Å². The highest BCUT2D eigenvalue weighted by Crippen LogP contribution is 2.16. The molecule has 0 amide bonds. The predicted molar refractivity (Wildman–Crippen MR) is 135 cm³/mol. The van der Waals surface area contributed by atoms with Gasteiger partial charge in [0.1, 0.15) is 5.75 Å². The Bertz CT molecular complexity index is 1230. The van der Waals surface area contributed by atoms with Gasteiger partial charge in [0.15, 0.2) is 16.1 Å². The number of aryl methyl sites for hydroxylation is 2. The Morgan fingerprint density at radius 1 is 0.971 bits per heavy atom. The van der Waals surface area contributed by atoms with Crippen LogP contribution in [0, 0.1) is 0 Å². The minimum Gasteiger partial charge on any atom is -0.611 e. The van der Waals surface area contributed by atoms with Crippen LogP contribution in [0.2, 0.25) is 5.02 Å².